The molecule has 1 aromatic rings. The summed E-state index contributed by atoms with van der Waals surface area (Å²) >= 11 is 0. The van der Waals surface area contributed by atoms with E-state index in [4.69, 9.17) is 4.74 Å². The van der Waals surface area contributed by atoms with Gasteiger partial charge >= 0.3 is 6.09 Å². The van der Waals surface area contributed by atoms with Gasteiger partial charge in [0.05, 0.1) is 16.7 Å². The van der Waals surface area contributed by atoms with Crippen LogP contribution in [0.2, 0.25) is 0 Å². The number of carbonyl (C=O) groups excluding carboxylic acids is 1. The number of nitro benzene ring substituents is 1. The molecule has 8 heteroatoms. The number of non-ortho nitro benzene ring substituents is 1. The number of piperidine rings is 1. The van der Waals surface area contributed by atoms with Crippen LogP contribution < -0.4 is 4.90 Å². The van der Waals surface area contributed by atoms with Crippen molar-refractivity contribution < 1.29 is 18.8 Å². The lowest BCUT2D eigenvalue weighted by molar-refractivity contribution is -0.385. The summed E-state index contributed by atoms with van der Waals surface area (Å²) < 4.78 is 19.7. The van der Waals surface area contributed by atoms with Crippen LogP contribution >= 0.6 is 0 Å². The number of benzene rings is 1. The molecule has 0 saturated carbocycles. The molecule has 148 valence electrons. The van der Waals surface area contributed by atoms with Gasteiger partial charge in [-0.25, -0.2) is 9.18 Å². The topological polar surface area (TPSA) is 75.9 Å². The molecule has 2 aliphatic heterocycles. The fourth-order valence-corrected chi connectivity index (χ4v) is 3.91. The number of nitro groups is 1. The van der Waals surface area contributed by atoms with Crippen LogP contribution in [0.15, 0.2) is 18.2 Å². The van der Waals surface area contributed by atoms with Crippen LogP contribution in [0, 0.1) is 21.3 Å². The van der Waals surface area contributed by atoms with Crippen molar-refractivity contribution in [1.82, 2.24) is 4.90 Å². The Labute approximate surface area is 158 Å². The van der Waals surface area contributed by atoms with Crippen LogP contribution in [0.1, 0.15) is 40.0 Å². The highest BCUT2D eigenvalue weighted by molar-refractivity contribution is 5.68. The number of anilines is 1. The normalized spacial score (nSPS) is 19.4. The second-order valence-electron chi connectivity index (χ2n) is 8.53. The minimum Gasteiger partial charge on any atom is -0.444 e. The predicted molar refractivity (Wildman–Crippen MR) is 99.4 cm³/mol. The lowest BCUT2D eigenvalue weighted by Gasteiger charge is -2.40. The molecule has 1 spiro atoms. The molecule has 0 aliphatic carbocycles. The summed E-state index contributed by atoms with van der Waals surface area (Å²) in [5, 5.41) is 10.8. The maximum atomic E-state index is 14.3. The maximum Gasteiger partial charge on any atom is 0.410 e. The molecule has 1 aromatic carbocycles. The fraction of sp³-hybridized carbons (Fsp3) is 0.632. The van der Waals surface area contributed by atoms with Gasteiger partial charge in [0, 0.05) is 32.2 Å². The first-order valence-corrected chi connectivity index (χ1v) is 9.25. The average molecular weight is 379 g/mol. The van der Waals surface area contributed by atoms with Crippen LogP contribution in [0.25, 0.3) is 0 Å². The molecule has 2 heterocycles. The van der Waals surface area contributed by atoms with E-state index in [0.717, 1.165) is 25.3 Å². The van der Waals surface area contributed by atoms with Gasteiger partial charge in [-0.05, 0) is 51.5 Å². The number of carbonyl (C=O) groups is 1. The van der Waals surface area contributed by atoms with Crippen LogP contribution in [0.4, 0.5) is 20.6 Å². The van der Waals surface area contributed by atoms with Crippen molar-refractivity contribution in [1.29, 1.82) is 0 Å². The summed E-state index contributed by atoms with van der Waals surface area (Å²) in [4.78, 5) is 26.2. The molecule has 0 bridgehead atoms. The molecule has 7 nitrogen and oxygen atoms in total. The highest BCUT2D eigenvalue weighted by Crippen LogP contribution is 2.42. The fourth-order valence-electron chi connectivity index (χ4n) is 3.91. The molecule has 27 heavy (non-hydrogen) atoms. The Morgan fingerprint density at radius 3 is 2.41 bits per heavy atom. The van der Waals surface area contributed by atoms with Gasteiger partial charge in [-0.2, -0.15) is 0 Å². The lowest BCUT2D eigenvalue weighted by atomic mass is 9.77. The van der Waals surface area contributed by atoms with E-state index in [1.165, 1.54) is 12.1 Å². The molecule has 2 fully saturated rings. The first-order valence-electron chi connectivity index (χ1n) is 9.25. The van der Waals surface area contributed by atoms with Crippen LogP contribution in [-0.4, -0.2) is 47.7 Å². The van der Waals surface area contributed by atoms with Crippen molar-refractivity contribution in [3.05, 3.63) is 34.1 Å². The van der Waals surface area contributed by atoms with E-state index < -0.39 is 16.3 Å². The number of ether oxygens (including phenoxy) is 1. The zero-order valence-electron chi connectivity index (χ0n) is 16.0. The summed E-state index contributed by atoms with van der Waals surface area (Å²) in [7, 11) is 0. The van der Waals surface area contributed by atoms with E-state index in [9.17, 15) is 19.3 Å². The quantitative estimate of drug-likeness (QED) is 0.574. The number of rotatable bonds is 2. The van der Waals surface area contributed by atoms with E-state index in [2.05, 4.69) is 0 Å². The van der Waals surface area contributed by atoms with Crippen molar-refractivity contribution in [2.45, 2.75) is 45.6 Å². The Hall–Kier alpha value is -2.38. The summed E-state index contributed by atoms with van der Waals surface area (Å²) in [6.45, 7) is 8.24. The molecule has 2 saturated heterocycles. The van der Waals surface area contributed by atoms with E-state index >= 15 is 0 Å². The van der Waals surface area contributed by atoms with Crippen molar-refractivity contribution >= 4 is 17.5 Å². The Balaban J connectivity index is 1.61. The third-order valence-corrected chi connectivity index (χ3v) is 5.40. The van der Waals surface area contributed by atoms with Gasteiger partial charge in [-0.1, -0.05) is 0 Å². The number of likely N-dealkylation sites (tertiary alicyclic amines) is 1. The predicted octanol–water partition coefficient (Wildman–Crippen LogP) is 3.96. The number of halogens is 1. The highest BCUT2D eigenvalue weighted by Gasteiger charge is 2.43. The largest absolute Gasteiger partial charge is 0.444 e. The molecule has 0 atom stereocenters. The minimum atomic E-state index is -0.595. The maximum absolute atomic E-state index is 14.3. The molecule has 0 unspecified atom stereocenters. The summed E-state index contributed by atoms with van der Waals surface area (Å²) in [5.74, 6) is -0.568. The van der Waals surface area contributed by atoms with Gasteiger partial charge < -0.3 is 14.5 Å². The third kappa shape index (κ3) is 4.31. The van der Waals surface area contributed by atoms with E-state index in [0.29, 0.717) is 31.9 Å². The first-order chi connectivity index (χ1) is 12.6. The Morgan fingerprint density at radius 2 is 1.85 bits per heavy atom. The zero-order valence-corrected chi connectivity index (χ0v) is 16.0. The summed E-state index contributed by atoms with van der Waals surface area (Å²) in [6, 6.07) is 3.79. The average Bonchev–Trinajstić information content (AvgIpc) is 2.98. The molecular formula is C19H26FN3O4. The van der Waals surface area contributed by atoms with E-state index in [1.807, 2.05) is 25.7 Å². The molecule has 0 N–H and O–H groups in total. The minimum absolute atomic E-state index is 0.0463. The second-order valence-corrected chi connectivity index (χ2v) is 8.53. The molecule has 0 radical (unpaired) electrons. The van der Waals surface area contributed by atoms with Gasteiger partial charge in [-0.15, -0.1) is 0 Å². The Morgan fingerprint density at radius 1 is 1.22 bits per heavy atom. The van der Waals surface area contributed by atoms with Crippen LogP contribution in [0.5, 0.6) is 0 Å². The number of hydrogen-bond acceptors (Lipinski definition) is 5. The smallest absolute Gasteiger partial charge is 0.410 e. The van der Waals surface area contributed by atoms with Crippen molar-refractivity contribution in [3.8, 4) is 0 Å². The standard InChI is InChI=1S/C19H26FN3O4/c1-18(2,3)27-17(24)22-11-8-19(13-22)6-9-21(10-7-19)16-5-4-14(23(25)26)12-15(16)20/h4-5,12H,6-11,13H2,1-3H3. The zero-order chi connectivity index (χ0) is 19.8. The van der Waals surface area contributed by atoms with E-state index in [-0.39, 0.29) is 17.2 Å². The van der Waals surface area contributed by atoms with Gasteiger partial charge in [0.15, 0.2) is 5.82 Å². The van der Waals surface area contributed by atoms with Crippen molar-refractivity contribution in [2.24, 2.45) is 5.41 Å². The third-order valence-electron chi connectivity index (χ3n) is 5.40. The monoisotopic (exact) mass is 379 g/mol. The molecule has 0 aromatic heterocycles. The molecule has 2 aliphatic rings. The number of nitrogens with zero attached hydrogens (tertiary/aromatic N) is 3. The first kappa shape index (κ1) is 19.4. The van der Waals surface area contributed by atoms with Crippen molar-refractivity contribution in [3.63, 3.8) is 0 Å². The molecular weight excluding hydrogens is 353 g/mol. The Bertz CT molecular complexity index is 739. The van der Waals surface area contributed by atoms with Gasteiger partial charge in [0.25, 0.3) is 5.69 Å². The highest BCUT2D eigenvalue weighted by atomic mass is 19.1. The molecule has 1 amide bonds. The second kappa shape index (κ2) is 6.98. The van der Waals surface area contributed by atoms with E-state index in [1.54, 1.807) is 4.90 Å². The Kier molecular flexibility index (Phi) is 5.01. The van der Waals surface area contributed by atoms with Gasteiger partial charge in [0.2, 0.25) is 0 Å². The summed E-state index contributed by atoms with van der Waals surface area (Å²) in [6.07, 6.45) is 2.34. The van der Waals surface area contributed by atoms with Crippen LogP contribution in [0.3, 0.4) is 0 Å². The SMILES string of the molecule is CC(C)(C)OC(=O)N1CCC2(CCN(c3ccc([N+](=O)[O-])cc3F)CC2)C1. The number of hydrogen-bond donors (Lipinski definition) is 0. The van der Waals surface area contributed by atoms with Crippen LogP contribution in [-0.2, 0) is 4.74 Å². The summed E-state index contributed by atoms with van der Waals surface area (Å²) in [5.41, 5.74) is -0.306. The van der Waals surface area contributed by atoms with Gasteiger partial charge in [-0.3, -0.25) is 10.1 Å². The lowest BCUT2D eigenvalue weighted by Crippen LogP contribution is -2.43. The molecule has 3 rings (SSSR count). The van der Waals surface area contributed by atoms with Crippen molar-refractivity contribution in [2.75, 3.05) is 31.1 Å². The van der Waals surface area contributed by atoms with Gasteiger partial charge in [0.1, 0.15) is 5.60 Å². The number of amides is 1.